The van der Waals surface area contributed by atoms with E-state index in [1.165, 1.54) is 31.7 Å². The number of para-hydroxylation sites is 1. The van der Waals surface area contributed by atoms with E-state index in [0.717, 1.165) is 0 Å². The fourth-order valence-electron chi connectivity index (χ4n) is 3.19. The number of aliphatic imine (C=N–C) groups is 1. The number of carbonyl (C=O) groups excluding carboxylic acids is 1. The number of nitrogens with zero attached hydrogens (tertiary/aromatic N) is 1. The number of rotatable bonds is 9. The predicted octanol–water partition coefficient (Wildman–Crippen LogP) is 3.07. The first-order valence-corrected chi connectivity index (χ1v) is 9.71. The van der Waals surface area contributed by atoms with Gasteiger partial charge >= 0.3 is 0 Å². The topological polar surface area (TPSA) is 74.8 Å². The Hall–Kier alpha value is -1.58. The summed E-state index contributed by atoms with van der Waals surface area (Å²) in [6.07, 6.45) is 5.26. The second-order valence-corrected chi connectivity index (χ2v) is 6.94. The Balaban J connectivity index is 0.00000392. The number of ether oxygens (including phenoxy) is 1. The van der Waals surface area contributed by atoms with Crippen molar-refractivity contribution in [3.05, 3.63) is 30.1 Å². The molecule has 28 heavy (non-hydrogen) atoms. The van der Waals surface area contributed by atoms with Crippen molar-refractivity contribution in [1.29, 1.82) is 0 Å². The Morgan fingerprint density at radius 1 is 1.21 bits per heavy atom. The van der Waals surface area contributed by atoms with Gasteiger partial charge in [0.1, 0.15) is 6.10 Å². The minimum absolute atomic E-state index is 0. The van der Waals surface area contributed by atoms with Gasteiger partial charge in [-0.05, 0) is 37.8 Å². The fourth-order valence-corrected chi connectivity index (χ4v) is 3.19. The summed E-state index contributed by atoms with van der Waals surface area (Å²) in [5, 5.41) is 9.22. The van der Waals surface area contributed by atoms with Crippen molar-refractivity contribution in [3.8, 4) is 5.75 Å². The number of carbonyl (C=O) groups is 1. The minimum atomic E-state index is -0.375. The highest BCUT2D eigenvalue weighted by atomic mass is 127. The molecule has 0 spiro atoms. The van der Waals surface area contributed by atoms with Crippen molar-refractivity contribution < 1.29 is 13.9 Å². The van der Waals surface area contributed by atoms with Gasteiger partial charge in [0.25, 0.3) is 0 Å². The molecule has 0 aromatic heterocycles. The van der Waals surface area contributed by atoms with Crippen LogP contribution in [0.3, 0.4) is 0 Å². The zero-order valence-corrected chi connectivity index (χ0v) is 19.0. The van der Waals surface area contributed by atoms with Crippen LogP contribution in [0.25, 0.3) is 0 Å². The Morgan fingerprint density at radius 3 is 2.57 bits per heavy atom. The largest absolute Gasteiger partial charge is 0.486 e. The molecule has 158 valence electrons. The number of hydrogen-bond donors (Lipinski definition) is 3. The Kier molecular flexibility index (Phi) is 11.9. The van der Waals surface area contributed by atoms with Crippen molar-refractivity contribution in [1.82, 2.24) is 16.0 Å². The van der Waals surface area contributed by atoms with Gasteiger partial charge in [-0.2, -0.15) is 0 Å². The van der Waals surface area contributed by atoms with Crippen LogP contribution in [0.2, 0.25) is 0 Å². The van der Waals surface area contributed by atoms with Gasteiger partial charge in [0.05, 0.1) is 6.54 Å². The zero-order valence-electron chi connectivity index (χ0n) is 16.7. The number of hydrogen-bond acceptors (Lipinski definition) is 3. The molecule has 2 rings (SSSR count). The van der Waals surface area contributed by atoms with E-state index < -0.39 is 0 Å². The normalized spacial score (nSPS) is 15.5. The molecule has 0 aliphatic heterocycles. The quantitative estimate of drug-likeness (QED) is 0.208. The maximum atomic E-state index is 13.6. The second-order valence-electron chi connectivity index (χ2n) is 6.94. The van der Waals surface area contributed by atoms with Gasteiger partial charge in [-0.25, -0.2) is 4.39 Å². The van der Waals surface area contributed by atoms with Crippen LogP contribution in [0, 0.1) is 11.7 Å². The molecule has 1 aromatic carbocycles. The molecule has 0 radical (unpaired) electrons. The molecule has 1 aliphatic rings. The molecule has 3 N–H and O–H groups in total. The third-order valence-electron chi connectivity index (χ3n) is 4.63. The number of amides is 1. The summed E-state index contributed by atoms with van der Waals surface area (Å²) in [6.45, 7) is 3.46. The van der Waals surface area contributed by atoms with E-state index in [9.17, 15) is 9.18 Å². The van der Waals surface area contributed by atoms with Crippen LogP contribution in [-0.2, 0) is 4.79 Å². The number of guanidine groups is 1. The smallest absolute Gasteiger partial charge is 0.220 e. The molecule has 0 heterocycles. The molecule has 1 saturated carbocycles. The summed E-state index contributed by atoms with van der Waals surface area (Å²) in [5.41, 5.74) is 0. The molecular formula is C20H32FIN4O2. The SMILES string of the molecule is CN=C(NCCNC(=O)CC1CCCC1)NCC(C)Oc1ccccc1F.I. The van der Waals surface area contributed by atoms with E-state index in [2.05, 4.69) is 20.9 Å². The third kappa shape index (κ3) is 9.07. The third-order valence-corrected chi connectivity index (χ3v) is 4.63. The van der Waals surface area contributed by atoms with Crippen molar-refractivity contribution in [3.63, 3.8) is 0 Å². The molecule has 1 aliphatic carbocycles. The number of benzene rings is 1. The van der Waals surface area contributed by atoms with E-state index in [1.54, 1.807) is 25.2 Å². The van der Waals surface area contributed by atoms with Gasteiger partial charge in [-0.1, -0.05) is 25.0 Å². The first-order valence-electron chi connectivity index (χ1n) is 9.71. The molecule has 1 amide bonds. The molecule has 1 unspecified atom stereocenters. The molecule has 6 nitrogen and oxygen atoms in total. The maximum Gasteiger partial charge on any atom is 0.220 e. The first-order chi connectivity index (χ1) is 13.1. The minimum Gasteiger partial charge on any atom is -0.486 e. The Labute approximate surface area is 184 Å². The van der Waals surface area contributed by atoms with E-state index in [0.29, 0.717) is 37.9 Å². The van der Waals surface area contributed by atoms with Gasteiger partial charge in [-0.3, -0.25) is 9.79 Å². The highest BCUT2D eigenvalue weighted by Gasteiger charge is 2.18. The average molecular weight is 506 g/mol. The molecule has 8 heteroatoms. The lowest BCUT2D eigenvalue weighted by Crippen LogP contribution is -2.44. The van der Waals surface area contributed by atoms with Crippen molar-refractivity contribution >= 4 is 35.8 Å². The van der Waals surface area contributed by atoms with Crippen LogP contribution in [-0.4, -0.2) is 44.7 Å². The Morgan fingerprint density at radius 2 is 1.89 bits per heavy atom. The second kappa shape index (κ2) is 13.6. The van der Waals surface area contributed by atoms with Gasteiger partial charge < -0.3 is 20.7 Å². The van der Waals surface area contributed by atoms with Gasteiger partial charge in [-0.15, -0.1) is 24.0 Å². The van der Waals surface area contributed by atoms with Gasteiger partial charge in [0, 0.05) is 26.6 Å². The van der Waals surface area contributed by atoms with Gasteiger partial charge in [0.15, 0.2) is 17.5 Å². The van der Waals surface area contributed by atoms with E-state index in [-0.39, 0.29) is 47.6 Å². The first kappa shape index (κ1) is 24.5. The summed E-state index contributed by atoms with van der Waals surface area (Å²) in [6, 6.07) is 6.34. The highest BCUT2D eigenvalue weighted by molar-refractivity contribution is 14.0. The molecular weight excluding hydrogens is 474 g/mol. The van der Waals surface area contributed by atoms with Crippen LogP contribution in [0.15, 0.2) is 29.3 Å². The lowest BCUT2D eigenvalue weighted by atomic mass is 10.0. The maximum absolute atomic E-state index is 13.6. The summed E-state index contributed by atoms with van der Waals surface area (Å²) in [7, 11) is 1.68. The summed E-state index contributed by atoms with van der Waals surface area (Å²) in [4.78, 5) is 16.0. The summed E-state index contributed by atoms with van der Waals surface area (Å²) < 4.78 is 19.2. The summed E-state index contributed by atoms with van der Waals surface area (Å²) in [5.74, 6) is 1.16. The fraction of sp³-hybridized carbons (Fsp3) is 0.600. The van der Waals surface area contributed by atoms with Crippen molar-refractivity contribution in [2.24, 2.45) is 10.9 Å². The molecule has 0 saturated heterocycles. The standard InChI is InChI=1S/C20H31FN4O2.HI/c1-15(27-18-10-6-5-9-17(18)21)14-25-20(22-2)24-12-11-23-19(26)13-16-7-3-4-8-16;/h5-6,9-10,15-16H,3-4,7-8,11-14H2,1-2H3,(H,23,26)(H2,22,24,25);1H. The monoisotopic (exact) mass is 506 g/mol. The van der Waals surface area contributed by atoms with Crippen LogP contribution in [0.4, 0.5) is 4.39 Å². The Bertz CT molecular complexity index is 624. The van der Waals surface area contributed by atoms with Crippen LogP contribution in [0.5, 0.6) is 5.75 Å². The highest BCUT2D eigenvalue weighted by Crippen LogP contribution is 2.27. The lowest BCUT2D eigenvalue weighted by molar-refractivity contribution is -0.121. The van der Waals surface area contributed by atoms with Crippen LogP contribution >= 0.6 is 24.0 Å². The molecule has 1 atom stereocenters. The van der Waals surface area contributed by atoms with E-state index >= 15 is 0 Å². The average Bonchev–Trinajstić information content (AvgIpc) is 3.16. The van der Waals surface area contributed by atoms with Crippen molar-refractivity contribution in [2.75, 3.05) is 26.7 Å². The van der Waals surface area contributed by atoms with Crippen LogP contribution in [0.1, 0.15) is 39.0 Å². The molecule has 0 bridgehead atoms. The summed E-state index contributed by atoms with van der Waals surface area (Å²) >= 11 is 0. The molecule has 1 aromatic rings. The molecule has 1 fully saturated rings. The zero-order chi connectivity index (χ0) is 19.5. The van der Waals surface area contributed by atoms with E-state index in [4.69, 9.17) is 4.74 Å². The van der Waals surface area contributed by atoms with Crippen LogP contribution < -0.4 is 20.7 Å². The number of halogens is 2. The van der Waals surface area contributed by atoms with E-state index in [1.807, 2.05) is 6.92 Å². The number of nitrogens with one attached hydrogen (secondary N) is 3. The van der Waals surface area contributed by atoms with Crippen molar-refractivity contribution in [2.45, 2.75) is 45.1 Å². The lowest BCUT2D eigenvalue weighted by Gasteiger charge is -2.18. The predicted molar refractivity (Wildman–Crippen MR) is 121 cm³/mol. The van der Waals surface area contributed by atoms with Gasteiger partial charge in [0.2, 0.25) is 5.91 Å².